The molecule has 6 nitrogen and oxygen atoms in total. The second-order valence-corrected chi connectivity index (χ2v) is 4.30. The Hall–Kier alpha value is -2.63. The van der Waals surface area contributed by atoms with Crippen molar-refractivity contribution in [1.82, 2.24) is 20.8 Å². The highest BCUT2D eigenvalue weighted by Gasteiger charge is 2.08. The van der Waals surface area contributed by atoms with Gasteiger partial charge in [0.25, 0.3) is 11.8 Å². The molecule has 0 unspecified atom stereocenters. The summed E-state index contributed by atoms with van der Waals surface area (Å²) in [5.41, 5.74) is 1.97. The maximum Gasteiger partial charge on any atom is 0.269 e. The number of benzene rings is 1. The summed E-state index contributed by atoms with van der Waals surface area (Å²) >= 11 is 0. The molecule has 6 heteroatoms. The van der Waals surface area contributed by atoms with Crippen LogP contribution in [0.5, 0.6) is 0 Å². The molecule has 20 heavy (non-hydrogen) atoms. The number of nitrogens with zero attached hydrogens (tertiary/aromatic N) is 1. The molecule has 0 bridgehead atoms. The van der Waals surface area contributed by atoms with E-state index in [4.69, 9.17) is 0 Å². The van der Waals surface area contributed by atoms with Crippen LogP contribution in [0, 0.1) is 6.92 Å². The molecule has 104 valence electrons. The molecule has 0 radical (unpaired) electrons. The van der Waals surface area contributed by atoms with Crippen molar-refractivity contribution in [3.05, 3.63) is 53.3 Å². The van der Waals surface area contributed by atoms with E-state index in [-0.39, 0.29) is 11.8 Å². The molecular formula is C14H16N4O2. The molecule has 0 fully saturated rings. The molecule has 1 heterocycles. The summed E-state index contributed by atoms with van der Waals surface area (Å²) < 4.78 is 0. The van der Waals surface area contributed by atoms with Crippen LogP contribution < -0.4 is 10.6 Å². The second-order valence-electron chi connectivity index (χ2n) is 4.30. The van der Waals surface area contributed by atoms with Crippen LogP contribution in [0.1, 0.15) is 26.4 Å². The van der Waals surface area contributed by atoms with Crippen molar-refractivity contribution in [2.45, 2.75) is 6.92 Å². The lowest BCUT2D eigenvalue weighted by Crippen LogP contribution is -2.35. The predicted molar refractivity (Wildman–Crippen MR) is 74.4 cm³/mol. The van der Waals surface area contributed by atoms with Gasteiger partial charge >= 0.3 is 0 Å². The highest BCUT2D eigenvalue weighted by atomic mass is 16.2. The Bertz CT molecular complexity index is 593. The van der Waals surface area contributed by atoms with Crippen molar-refractivity contribution in [2.75, 3.05) is 13.1 Å². The Labute approximate surface area is 116 Å². The van der Waals surface area contributed by atoms with E-state index in [0.29, 0.717) is 24.3 Å². The molecule has 0 aliphatic carbocycles. The first-order valence-corrected chi connectivity index (χ1v) is 6.30. The summed E-state index contributed by atoms with van der Waals surface area (Å²) in [5.74, 6) is -0.383. The molecule has 2 rings (SSSR count). The van der Waals surface area contributed by atoms with E-state index in [1.54, 1.807) is 12.1 Å². The molecule has 0 saturated heterocycles. The van der Waals surface area contributed by atoms with Gasteiger partial charge in [-0.3, -0.25) is 14.7 Å². The fraction of sp³-hybridized carbons (Fsp3) is 0.214. The summed E-state index contributed by atoms with van der Waals surface area (Å²) in [7, 11) is 0. The molecule has 1 aromatic heterocycles. The number of carbonyl (C=O) groups is 2. The zero-order valence-electron chi connectivity index (χ0n) is 11.1. The van der Waals surface area contributed by atoms with Gasteiger partial charge in [-0.1, -0.05) is 18.2 Å². The minimum atomic E-state index is -0.243. The van der Waals surface area contributed by atoms with Crippen molar-refractivity contribution < 1.29 is 9.59 Å². The van der Waals surface area contributed by atoms with Gasteiger partial charge in [-0.2, -0.15) is 5.10 Å². The summed E-state index contributed by atoms with van der Waals surface area (Å²) in [6.45, 7) is 2.61. The molecule has 3 N–H and O–H groups in total. The number of H-pyrrole nitrogens is 1. The monoisotopic (exact) mass is 272 g/mol. The number of aromatic nitrogens is 2. The van der Waals surface area contributed by atoms with Crippen molar-refractivity contribution in [3.8, 4) is 0 Å². The average Bonchev–Trinajstić information content (AvgIpc) is 2.98. The third kappa shape index (κ3) is 3.44. The van der Waals surface area contributed by atoms with Gasteiger partial charge in [-0.15, -0.1) is 0 Å². The Balaban J connectivity index is 1.75. The Kier molecular flexibility index (Phi) is 4.49. The third-order valence-corrected chi connectivity index (χ3v) is 2.83. The first kappa shape index (κ1) is 13.8. The first-order valence-electron chi connectivity index (χ1n) is 6.30. The minimum Gasteiger partial charge on any atom is -0.350 e. The topological polar surface area (TPSA) is 86.9 Å². The summed E-state index contributed by atoms with van der Waals surface area (Å²) in [6.07, 6.45) is 1.51. The number of hydrogen-bond acceptors (Lipinski definition) is 3. The molecule has 0 aliphatic rings. The van der Waals surface area contributed by atoms with E-state index in [2.05, 4.69) is 20.8 Å². The van der Waals surface area contributed by atoms with Crippen LogP contribution in [0.3, 0.4) is 0 Å². The van der Waals surface area contributed by atoms with Gasteiger partial charge in [0.1, 0.15) is 5.69 Å². The smallest absolute Gasteiger partial charge is 0.269 e. The Morgan fingerprint density at radius 2 is 1.80 bits per heavy atom. The van der Waals surface area contributed by atoms with Crippen molar-refractivity contribution in [3.63, 3.8) is 0 Å². The van der Waals surface area contributed by atoms with Crippen LogP contribution in [0.4, 0.5) is 0 Å². The fourth-order valence-corrected chi connectivity index (χ4v) is 1.75. The minimum absolute atomic E-state index is 0.140. The van der Waals surface area contributed by atoms with Crippen LogP contribution >= 0.6 is 0 Å². The maximum atomic E-state index is 11.9. The van der Waals surface area contributed by atoms with Crippen molar-refractivity contribution in [2.24, 2.45) is 0 Å². The Morgan fingerprint density at radius 1 is 1.10 bits per heavy atom. The van der Waals surface area contributed by atoms with Gasteiger partial charge in [0.2, 0.25) is 0 Å². The quantitative estimate of drug-likeness (QED) is 0.706. The second kappa shape index (κ2) is 6.51. The lowest BCUT2D eigenvalue weighted by atomic mass is 10.1. The zero-order valence-corrected chi connectivity index (χ0v) is 11.1. The number of carbonyl (C=O) groups excluding carboxylic acids is 2. The van der Waals surface area contributed by atoms with Gasteiger partial charge in [0.05, 0.1) is 0 Å². The summed E-state index contributed by atoms with van der Waals surface area (Å²) in [5, 5.41) is 11.7. The van der Waals surface area contributed by atoms with E-state index in [1.807, 2.05) is 25.1 Å². The lowest BCUT2D eigenvalue weighted by Gasteiger charge is -2.08. The van der Waals surface area contributed by atoms with Crippen LogP contribution in [-0.4, -0.2) is 35.1 Å². The molecule has 0 aliphatic heterocycles. The molecule has 1 aromatic carbocycles. The normalized spacial score (nSPS) is 10.1. The molecular weight excluding hydrogens is 256 g/mol. The van der Waals surface area contributed by atoms with Gasteiger partial charge in [0, 0.05) is 24.8 Å². The zero-order chi connectivity index (χ0) is 14.4. The van der Waals surface area contributed by atoms with Gasteiger partial charge < -0.3 is 10.6 Å². The highest BCUT2D eigenvalue weighted by molar-refractivity contribution is 5.95. The van der Waals surface area contributed by atoms with Gasteiger partial charge in [0.15, 0.2) is 0 Å². The van der Waals surface area contributed by atoms with Crippen LogP contribution in [-0.2, 0) is 0 Å². The van der Waals surface area contributed by atoms with E-state index < -0.39 is 0 Å². The number of rotatable bonds is 5. The number of nitrogens with one attached hydrogen (secondary N) is 3. The van der Waals surface area contributed by atoms with Gasteiger partial charge in [-0.05, 0) is 24.6 Å². The molecule has 2 amide bonds. The summed E-state index contributed by atoms with van der Waals surface area (Å²) in [6, 6.07) is 8.95. The van der Waals surface area contributed by atoms with E-state index in [1.165, 1.54) is 6.20 Å². The van der Waals surface area contributed by atoms with Crippen molar-refractivity contribution in [1.29, 1.82) is 0 Å². The molecule has 0 saturated carbocycles. The number of hydrogen-bond donors (Lipinski definition) is 3. The third-order valence-electron chi connectivity index (χ3n) is 2.83. The van der Waals surface area contributed by atoms with Crippen LogP contribution in [0.2, 0.25) is 0 Å². The molecule has 0 spiro atoms. The summed E-state index contributed by atoms with van der Waals surface area (Å²) in [4.78, 5) is 23.5. The van der Waals surface area contributed by atoms with E-state index in [0.717, 1.165) is 5.56 Å². The average molecular weight is 272 g/mol. The lowest BCUT2D eigenvalue weighted by molar-refractivity contribution is 0.0924. The standard InChI is InChI=1S/C14H16N4O2/c1-10-4-2-3-5-11(10)13(19)15-8-9-16-14(20)12-6-7-17-18-12/h2-7H,8-9H2,1H3,(H,15,19)(H,16,20)(H,17,18). The van der Waals surface area contributed by atoms with Crippen LogP contribution in [0.15, 0.2) is 36.5 Å². The molecule has 0 atom stereocenters. The number of aryl methyl sites for hydroxylation is 1. The SMILES string of the molecule is Cc1ccccc1C(=O)NCCNC(=O)c1ccn[nH]1. The van der Waals surface area contributed by atoms with Crippen LogP contribution in [0.25, 0.3) is 0 Å². The Morgan fingerprint density at radius 3 is 2.45 bits per heavy atom. The number of aromatic amines is 1. The highest BCUT2D eigenvalue weighted by Crippen LogP contribution is 2.05. The first-order chi connectivity index (χ1) is 9.68. The predicted octanol–water partition coefficient (Wildman–Crippen LogP) is 0.878. The van der Waals surface area contributed by atoms with E-state index >= 15 is 0 Å². The van der Waals surface area contributed by atoms with E-state index in [9.17, 15) is 9.59 Å². The largest absolute Gasteiger partial charge is 0.350 e. The van der Waals surface area contributed by atoms with Gasteiger partial charge in [-0.25, -0.2) is 0 Å². The number of amides is 2. The fourth-order valence-electron chi connectivity index (χ4n) is 1.75. The maximum absolute atomic E-state index is 11.9. The molecule has 2 aromatic rings. The van der Waals surface area contributed by atoms with Crippen molar-refractivity contribution >= 4 is 11.8 Å².